The largest absolute Gasteiger partial charge is 0.364 e. The lowest BCUT2D eigenvalue weighted by Crippen LogP contribution is -2.07. The summed E-state index contributed by atoms with van der Waals surface area (Å²) in [5.74, 6) is 0. The summed E-state index contributed by atoms with van der Waals surface area (Å²) in [7, 11) is 0. The second kappa shape index (κ2) is 5.89. The third-order valence-electron chi connectivity index (χ3n) is 2.10. The van der Waals surface area contributed by atoms with Gasteiger partial charge >= 0.3 is 0 Å². The fraction of sp³-hybridized carbons (Fsp3) is 0.0909. The molecular weight excluding hydrogens is 357 g/mol. The first-order chi connectivity index (χ1) is 8.60. The van der Waals surface area contributed by atoms with E-state index in [4.69, 9.17) is 28.5 Å². The standard InChI is InChI=1S/C11H6BrCl2N3S/c12-7-3-6(1-2-8(7)13)17-9(4-15)11-16-5-10(14)18-11/h1-3,5,9,17H. The van der Waals surface area contributed by atoms with E-state index in [9.17, 15) is 0 Å². The third-order valence-corrected chi connectivity index (χ3v) is 4.50. The Balaban J connectivity index is 2.21. The summed E-state index contributed by atoms with van der Waals surface area (Å²) in [6.07, 6.45) is 1.53. The van der Waals surface area contributed by atoms with E-state index in [0.717, 1.165) is 10.2 Å². The molecule has 2 rings (SSSR count). The maximum absolute atomic E-state index is 9.15. The molecule has 0 saturated carbocycles. The molecule has 0 aliphatic carbocycles. The Morgan fingerprint density at radius 3 is 2.78 bits per heavy atom. The van der Waals surface area contributed by atoms with Gasteiger partial charge in [-0.25, -0.2) is 4.98 Å². The summed E-state index contributed by atoms with van der Waals surface area (Å²) < 4.78 is 1.33. The Morgan fingerprint density at radius 1 is 1.44 bits per heavy atom. The van der Waals surface area contributed by atoms with E-state index in [1.165, 1.54) is 17.5 Å². The van der Waals surface area contributed by atoms with Crippen LogP contribution < -0.4 is 5.32 Å². The number of rotatable bonds is 3. The Morgan fingerprint density at radius 2 is 2.22 bits per heavy atom. The summed E-state index contributed by atoms with van der Waals surface area (Å²) in [5.41, 5.74) is 0.782. The minimum atomic E-state index is -0.532. The molecule has 1 heterocycles. The van der Waals surface area contributed by atoms with Crippen LogP contribution in [0, 0.1) is 11.3 Å². The molecule has 0 radical (unpaired) electrons. The van der Waals surface area contributed by atoms with Crippen LogP contribution in [0.5, 0.6) is 0 Å². The lowest BCUT2D eigenvalue weighted by molar-refractivity contribution is 0.974. The Bertz CT molecular complexity index is 609. The lowest BCUT2D eigenvalue weighted by Gasteiger charge is -2.11. The maximum Gasteiger partial charge on any atom is 0.167 e. The number of anilines is 1. The molecule has 1 aromatic heterocycles. The third kappa shape index (κ3) is 3.15. The van der Waals surface area contributed by atoms with Gasteiger partial charge in [0.25, 0.3) is 0 Å². The molecule has 1 aromatic carbocycles. The second-order valence-corrected chi connectivity index (χ2v) is 6.29. The van der Waals surface area contributed by atoms with Crippen molar-refractivity contribution in [3.63, 3.8) is 0 Å². The highest BCUT2D eigenvalue weighted by Gasteiger charge is 2.14. The van der Waals surface area contributed by atoms with Crippen molar-refractivity contribution in [3.8, 4) is 6.07 Å². The number of hydrogen-bond acceptors (Lipinski definition) is 4. The summed E-state index contributed by atoms with van der Waals surface area (Å²) in [6.45, 7) is 0. The van der Waals surface area contributed by atoms with Gasteiger partial charge in [-0.1, -0.05) is 23.2 Å². The molecule has 0 aliphatic rings. The molecule has 1 atom stereocenters. The minimum Gasteiger partial charge on any atom is -0.364 e. The Labute approximate surface area is 126 Å². The van der Waals surface area contributed by atoms with Crippen LogP contribution in [0.25, 0.3) is 0 Å². The number of aromatic nitrogens is 1. The fourth-order valence-corrected chi connectivity index (χ4v) is 2.72. The van der Waals surface area contributed by atoms with E-state index in [2.05, 4.69) is 32.3 Å². The lowest BCUT2D eigenvalue weighted by atomic mass is 10.2. The smallest absolute Gasteiger partial charge is 0.167 e. The van der Waals surface area contributed by atoms with E-state index in [1.54, 1.807) is 12.1 Å². The normalized spacial score (nSPS) is 11.9. The van der Waals surface area contributed by atoms with Gasteiger partial charge in [0.05, 0.1) is 17.3 Å². The molecule has 0 spiro atoms. The molecule has 2 aromatic rings. The van der Waals surface area contributed by atoms with Crippen molar-refractivity contribution in [1.29, 1.82) is 5.26 Å². The molecule has 0 aliphatic heterocycles. The maximum atomic E-state index is 9.15. The van der Waals surface area contributed by atoms with Gasteiger partial charge in [-0.3, -0.25) is 0 Å². The highest BCUT2D eigenvalue weighted by Crippen LogP contribution is 2.29. The molecule has 92 valence electrons. The number of thiazole rings is 1. The molecule has 18 heavy (non-hydrogen) atoms. The van der Waals surface area contributed by atoms with Crippen LogP contribution in [0.2, 0.25) is 9.36 Å². The molecule has 0 fully saturated rings. The minimum absolute atomic E-state index is 0.532. The topological polar surface area (TPSA) is 48.7 Å². The Hall–Kier alpha value is -0.800. The van der Waals surface area contributed by atoms with Crippen molar-refractivity contribution in [2.45, 2.75) is 6.04 Å². The van der Waals surface area contributed by atoms with Gasteiger partial charge in [-0.05, 0) is 34.1 Å². The summed E-state index contributed by atoms with van der Waals surface area (Å²) in [6, 6.07) is 6.97. The van der Waals surface area contributed by atoms with Crippen LogP contribution in [-0.2, 0) is 0 Å². The van der Waals surface area contributed by atoms with Gasteiger partial charge in [0.15, 0.2) is 6.04 Å². The number of hydrogen-bond donors (Lipinski definition) is 1. The van der Waals surface area contributed by atoms with Crippen LogP contribution in [0.1, 0.15) is 11.0 Å². The van der Waals surface area contributed by atoms with Gasteiger partial charge < -0.3 is 5.32 Å². The molecule has 7 heteroatoms. The number of halogens is 3. The van der Waals surface area contributed by atoms with Crippen molar-refractivity contribution < 1.29 is 0 Å². The van der Waals surface area contributed by atoms with E-state index >= 15 is 0 Å². The first-order valence-corrected chi connectivity index (χ1v) is 7.19. The van der Waals surface area contributed by atoms with Crippen molar-refractivity contribution >= 4 is 56.2 Å². The SMILES string of the molecule is N#CC(Nc1ccc(Cl)c(Br)c1)c1ncc(Cl)s1. The second-order valence-electron chi connectivity index (χ2n) is 3.34. The average Bonchev–Trinajstić information content (AvgIpc) is 2.77. The van der Waals surface area contributed by atoms with Gasteiger partial charge in [-0.15, -0.1) is 11.3 Å². The monoisotopic (exact) mass is 361 g/mol. The highest BCUT2D eigenvalue weighted by atomic mass is 79.9. The highest BCUT2D eigenvalue weighted by molar-refractivity contribution is 9.10. The van der Waals surface area contributed by atoms with Gasteiger partial charge in [0.1, 0.15) is 9.34 Å². The van der Waals surface area contributed by atoms with Crippen molar-refractivity contribution in [3.05, 3.63) is 43.2 Å². The summed E-state index contributed by atoms with van der Waals surface area (Å²) >= 11 is 16.3. The van der Waals surface area contributed by atoms with Gasteiger partial charge in [0.2, 0.25) is 0 Å². The Kier molecular flexibility index (Phi) is 4.46. The van der Waals surface area contributed by atoms with E-state index in [1.807, 2.05) is 6.07 Å². The molecule has 0 saturated heterocycles. The van der Waals surface area contributed by atoms with Gasteiger partial charge in [0, 0.05) is 10.2 Å². The van der Waals surface area contributed by atoms with E-state index in [0.29, 0.717) is 14.4 Å². The zero-order chi connectivity index (χ0) is 13.1. The van der Waals surface area contributed by atoms with Crippen LogP contribution in [-0.4, -0.2) is 4.98 Å². The van der Waals surface area contributed by atoms with E-state index < -0.39 is 6.04 Å². The zero-order valence-corrected chi connectivity index (χ0v) is 12.7. The average molecular weight is 363 g/mol. The van der Waals surface area contributed by atoms with Crippen molar-refractivity contribution in [1.82, 2.24) is 4.98 Å². The van der Waals surface area contributed by atoms with E-state index in [-0.39, 0.29) is 0 Å². The van der Waals surface area contributed by atoms with Crippen LogP contribution in [0.4, 0.5) is 5.69 Å². The molecule has 1 unspecified atom stereocenters. The number of benzene rings is 1. The molecule has 0 amide bonds. The predicted molar refractivity (Wildman–Crippen MR) is 78.3 cm³/mol. The van der Waals surface area contributed by atoms with Gasteiger partial charge in [-0.2, -0.15) is 5.26 Å². The first-order valence-electron chi connectivity index (χ1n) is 4.82. The van der Waals surface area contributed by atoms with Crippen LogP contribution in [0.15, 0.2) is 28.9 Å². The van der Waals surface area contributed by atoms with Crippen molar-refractivity contribution in [2.24, 2.45) is 0 Å². The molecular formula is C11H6BrCl2N3S. The molecule has 3 nitrogen and oxygen atoms in total. The number of nitriles is 1. The fourth-order valence-electron chi connectivity index (χ4n) is 1.30. The quantitative estimate of drug-likeness (QED) is 0.845. The first kappa shape index (κ1) is 13.6. The molecule has 1 N–H and O–H groups in total. The van der Waals surface area contributed by atoms with Crippen LogP contribution >= 0.6 is 50.5 Å². The summed E-state index contributed by atoms with van der Waals surface area (Å²) in [5, 5.41) is 13.5. The summed E-state index contributed by atoms with van der Waals surface area (Å²) in [4.78, 5) is 4.09. The van der Waals surface area contributed by atoms with Crippen molar-refractivity contribution in [2.75, 3.05) is 5.32 Å². The number of nitrogens with one attached hydrogen (secondary N) is 1. The molecule has 0 bridgehead atoms. The predicted octanol–water partition coefficient (Wildman–Crippen LogP) is 4.89. The number of nitrogens with zero attached hydrogens (tertiary/aromatic N) is 2. The zero-order valence-electron chi connectivity index (χ0n) is 8.82. The van der Waals surface area contributed by atoms with Crippen LogP contribution in [0.3, 0.4) is 0 Å².